The first-order valence-electron chi connectivity index (χ1n) is 0.965. The molecule has 0 saturated carbocycles. The van der Waals surface area contributed by atoms with Crippen LogP contribution in [0.3, 0.4) is 0 Å². The van der Waals surface area contributed by atoms with Crippen LogP contribution >= 0.6 is 8.25 Å². The van der Waals surface area contributed by atoms with Gasteiger partial charge in [-0.1, -0.05) is 0 Å². The minimum atomic E-state index is -2.87. The van der Waals surface area contributed by atoms with E-state index in [0.717, 1.165) is 0 Å². The molecule has 0 rings (SSSR count). The van der Waals surface area contributed by atoms with Crippen LogP contribution in [0.2, 0.25) is 0 Å². The summed E-state index contributed by atoms with van der Waals surface area (Å²) in [6, 6.07) is 0. The summed E-state index contributed by atoms with van der Waals surface area (Å²) in [6.45, 7) is 0. The summed E-state index contributed by atoms with van der Waals surface area (Å²) in [7, 11) is -2.87. The van der Waals surface area contributed by atoms with E-state index in [4.69, 9.17) is 24.5 Å². The number of rotatable bonds is 0. The first kappa shape index (κ1) is 9.65. The molecular weight excluding hydrogens is 125 g/mol. The van der Waals surface area contributed by atoms with Crippen molar-refractivity contribution in [3.63, 3.8) is 0 Å². The summed E-state index contributed by atoms with van der Waals surface area (Å²) in [5, 5.41) is 7.89. The molecule has 7 heteroatoms. The molecule has 0 radical (unpaired) electrons. The molecule has 0 amide bonds. The summed E-state index contributed by atoms with van der Waals surface area (Å²) in [5.74, 6) is 0. The summed E-state index contributed by atoms with van der Waals surface area (Å²) < 4.78 is 8.70. The number of nitrogens with zero attached hydrogens (tertiary/aromatic N) is 1. The molecule has 0 fully saturated rings. The van der Waals surface area contributed by atoms with Crippen molar-refractivity contribution in [2.24, 2.45) is 5.34 Å². The lowest BCUT2D eigenvalue weighted by atomic mass is 13.4. The monoisotopic (exact) mass is 128 g/mol. The molecule has 0 aromatic carbocycles. The summed E-state index contributed by atoms with van der Waals surface area (Å²) in [6.07, 6.45) is 0. The topological polar surface area (TPSA) is 107 Å². The van der Waals surface area contributed by atoms with Crippen molar-refractivity contribution in [2.75, 3.05) is 0 Å². The van der Waals surface area contributed by atoms with Crippen LogP contribution in [0.1, 0.15) is 0 Å². The fraction of sp³-hybridized carbons (Fsp3) is 0. The first-order chi connectivity index (χ1) is 3.15. The maximum absolute atomic E-state index is 8.70. The van der Waals surface area contributed by atoms with Crippen LogP contribution in [0, 0.1) is 4.91 Å². The summed E-state index contributed by atoms with van der Waals surface area (Å²) >= 11 is 0. The van der Waals surface area contributed by atoms with Crippen molar-refractivity contribution >= 4 is 8.25 Å². The molecule has 0 spiro atoms. The Morgan fingerprint density at radius 1 is 1.43 bits per heavy atom. The normalized spacial score (nSPS) is 5.43. The molecule has 0 aromatic rings. The van der Waals surface area contributed by atoms with Gasteiger partial charge in [0.1, 0.15) is 0 Å². The van der Waals surface area contributed by atoms with E-state index < -0.39 is 8.25 Å². The Morgan fingerprint density at radius 3 is 1.43 bits per heavy atom. The highest BCUT2D eigenvalue weighted by atomic mass is 31.1. The molecule has 0 heterocycles. The standard InChI is InChI=1S/HNO2.HO3P/c2-1-3;1-4(2)3/h(H,2,3);(H-,1,2,3)/p+1. The van der Waals surface area contributed by atoms with Gasteiger partial charge in [0, 0.05) is 4.57 Å². The van der Waals surface area contributed by atoms with E-state index >= 15 is 0 Å². The minimum Gasteiger partial charge on any atom is -0.379 e. The van der Waals surface area contributed by atoms with Gasteiger partial charge in [-0.05, 0) is 0 Å². The Hall–Kier alpha value is -0.580. The maximum atomic E-state index is 8.70. The molecular formula is H3NO5P+. The molecule has 6 nitrogen and oxygen atoms in total. The second-order valence-electron chi connectivity index (χ2n) is 0.334. The van der Waals surface area contributed by atoms with Gasteiger partial charge in [0.05, 0.1) is 0 Å². The van der Waals surface area contributed by atoms with Crippen LogP contribution in [-0.4, -0.2) is 15.0 Å². The van der Waals surface area contributed by atoms with Gasteiger partial charge in [0.2, 0.25) is 0 Å². The lowest BCUT2D eigenvalue weighted by molar-refractivity contribution is 0.312. The highest BCUT2D eigenvalue weighted by Crippen LogP contribution is 1.98. The Bertz CT molecular complexity index is 55.1. The second kappa shape index (κ2) is 9.05. The van der Waals surface area contributed by atoms with Crippen molar-refractivity contribution < 1.29 is 19.6 Å². The highest BCUT2D eigenvalue weighted by Gasteiger charge is 1.93. The Balaban J connectivity index is 0. The molecule has 0 atom stereocenters. The zero-order valence-electron chi connectivity index (χ0n) is 3.05. The molecule has 0 aliphatic heterocycles. The van der Waals surface area contributed by atoms with Crippen LogP contribution in [0.4, 0.5) is 0 Å². The molecule has 0 saturated heterocycles. The van der Waals surface area contributed by atoms with E-state index in [2.05, 4.69) is 0 Å². The Labute approximate surface area is 39.3 Å². The predicted octanol–water partition coefficient (Wildman–Crippen LogP) is -0.230. The summed E-state index contributed by atoms with van der Waals surface area (Å²) in [4.78, 5) is 22.4. The average molecular weight is 128 g/mol. The zero-order chi connectivity index (χ0) is 6.28. The van der Waals surface area contributed by atoms with Gasteiger partial charge in [-0.2, -0.15) is 0 Å². The van der Waals surface area contributed by atoms with Crippen LogP contribution in [0.5, 0.6) is 0 Å². The smallest absolute Gasteiger partial charge is 0.379 e. The van der Waals surface area contributed by atoms with E-state index in [1.165, 1.54) is 5.34 Å². The van der Waals surface area contributed by atoms with Crippen molar-refractivity contribution in [2.45, 2.75) is 0 Å². The molecule has 0 bridgehead atoms. The number of hydrogen-bond donors (Lipinski definition) is 3. The third kappa shape index (κ3) is 188. The summed E-state index contributed by atoms with van der Waals surface area (Å²) in [5.41, 5.74) is 0. The fourth-order valence-corrected chi connectivity index (χ4v) is 0. The molecule has 0 aliphatic carbocycles. The molecule has 0 unspecified atom stereocenters. The number of hydrogen-bond acceptors (Lipinski definition) is 3. The SMILES string of the molecule is O=NO.O=[P+](O)O. The minimum absolute atomic E-state index is 1.25. The lowest BCUT2D eigenvalue weighted by Gasteiger charge is -1.34. The molecule has 42 valence electrons. The predicted molar refractivity (Wildman–Crippen MR) is 19.6 cm³/mol. The second-order valence-corrected chi connectivity index (χ2v) is 0.840. The third-order valence-corrected chi connectivity index (χ3v) is 0. The lowest BCUT2D eigenvalue weighted by Crippen LogP contribution is -1.38. The van der Waals surface area contributed by atoms with E-state index in [0.29, 0.717) is 0 Å². The Morgan fingerprint density at radius 2 is 1.43 bits per heavy atom. The van der Waals surface area contributed by atoms with Gasteiger partial charge in [0.15, 0.2) is 5.34 Å². The van der Waals surface area contributed by atoms with E-state index in [1.807, 2.05) is 0 Å². The van der Waals surface area contributed by atoms with Crippen LogP contribution < -0.4 is 0 Å². The maximum Gasteiger partial charge on any atom is 0.692 e. The molecule has 0 aromatic heterocycles. The van der Waals surface area contributed by atoms with Crippen LogP contribution in [0.25, 0.3) is 0 Å². The average Bonchev–Trinajstić information content (AvgIpc) is 1.33. The van der Waals surface area contributed by atoms with Gasteiger partial charge in [-0.25, -0.2) is 0 Å². The molecule has 0 aliphatic rings. The zero-order valence-corrected chi connectivity index (χ0v) is 3.95. The van der Waals surface area contributed by atoms with Crippen molar-refractivity contribution in [1.29, 1.82) is 0 Å². The Kier molecular flexibility index (Phi) is 12.5. The van der Waals surface area contributed by atoms with Gasteiger partial charge in [-0.3, -0.25) is 0 Å². The van der Waals surface area contributed by atoms with Crippen molar-refractivity contribution in [3.05, 3.63) is 4.91 Å². The van der Waals surface area contributed by atoms with Crippen molar-refractivity contribution in [1.82, 2.24) is 0 Å². The third-order valence-electron chi connectivity index (χ3n) is 0. The molecule has 3 N–H and O–H groups in total. The van der Waals surface area contributed by atoms with Crippen LogP contribution in [0.15, 0.2) is 5.34 Å². The van der Waals surface area contributed by atoms with Gasteiger partial charge < -0.3 is 5.21 Å². The van der Waals surface area contributed by atoms with E-state index in [1.54, 1.807) is 0 Å². The van der Waals surface area contributed by atoms with E-state index in [-0.39, 0.29) is 0 Å². The largest absolute Gasteiger partial charge is 0.692 e. The van der Waals surface area contributed by atoms with Gasteiger partial charge in [-0.15, -0.1) is 14.7 Å². The fourth-order valence-electron chi connectivity index (χ4n) is 0. The first-order valence-corrected chi connectivity index (χ1v) is 2.13. The van der Waals surface area contributed by atoms with Crippen LogP contribution in [-0.2, 0) is 4.57 Å². The quantitative estimate of drug-likeness (QED) is 0.237. The van der Waals surface area contributed by atoms with Gasteiger partial charge in [0.25, 0.3) is 0 Å². The van der Waals surface area contributed by atoms with Gasteiger partial charge >= 0.3 is 8.25 Å². The van der Waals surface area contributed by atoms with E-state index in [9.17, 15) is 0 Å². The van der Waals surface area contributed by atoms with Crippen molar-refractivity contribution in [3.8, 4) is 0 Å². The molecule has 7 heavy (non-hydrogen) atoms. The highest BCUT2D eigenvalue weighted by molar-refractivity contribution is 7.30.